The number of pyridine rings is 1. The molecule has 2 aromatic rings. The molecule has 1 amide bonds. The van der Waals surface area contributed by atoms with Crippen LogP contribution in [0.15, 0.2) is 40.9 Å². The van der Waals surface area contributed by atoms with Gasteiger partial charge in [0.15, 0.2) is 0 Å². The third-order valence-electron chi connectivity index (χ3n) is 4.33. The number of amides is 1. The number of carbonyl (C=O) groups is 1. The van der Waals surface area contributed by atoms with E-state index in [1.807, 2.05) is 50.2 Å². The van der Waals surface area contributed by atoms with E-state index in [9.17, 15) is 4.79 Å². The summed E-state index contributed by atoms with van der Waals surface area (Å²) in [7, 11) is 0. The molecule has 2 heterocycles. The Morgan fingerprint density at radius 1 is 1.38 bits per heavy atom. The van der Waals surface area contributed by atoms with Gasteiger partial charge < -0.3 is 10.1 Å². The third kappa shape index (κ3) is 3.84. The van der Waals surface area contributed by atoms with Gasteiger partial charge in [0, 0.05) is 16.6 Å². The van der Waals surface area contributed by atoms with Gasteiger partial charge in [-0.15, -0.1) is 0 Å². The van der Waals surface area contributed by atoms with Gasteiger partial charge in [0.25, 0.3) is 5.91 Å². The fraction of sp³-hybridized carbons (Fsp3) is 0.368. The Morgan fingerprint density at radius 2 is 2.21 bits per heavy atom. The maximum atomic E-state index is 12.5. The molecule has 5 heteroatoms. The molecular weight excluding hydrogens is 368 g/mol. The molecule has 0 saturated carbocycles. The van der Waals surface area contributed by atoms with Gasteiger partial charge in [-0.3, -0.25) is 9.78 Å². The fourth-order valence-corrected chi connectivity index (χ4v) is 3.38. The van der Waals surface area contributed by atoms with Gasteiger partial charge in [-0.25, -0.2) is 0 Å². The molecule has 4 nitrogen and oxygen atoms in total. The van der Waals surface area contributed by atoms with Crippen molar-refractivity contribution in [2.75, 3.05) is 6.61 Å². The summed E-state index contributed by atoms with van der Waals surface area (Å²) in [5.74, 6) is -0.0937. The first kappa shape index (κ1) is 17.1. The lowest BCUT2D eigenvalue weighted by Crippen LogP contribution is -2.41. The molecule has 0 unspecified atom stereocenters. The van der Waals surface area contributed by atoms with E-state index >= 15 is 0 Å². The summed E-state index contributed by atoms with van der Waals surface area (Å²) in [5, 5.41) is 3.04. The van der Waals surface area contributed by atoms with Gasteiger partial charge in [-0.05, 0) is 51.0 Å². The number of rotatable bonds is 4. The first-order chi connectivity index (χ1) is 11.5. The Labute approximate surface area is 150 Å². The highest BCUT2D eigenvalue weighted by atomic mass is 79.9. The lowest BCUT2D eigenvalue weighted by atomic mass is 10.1. The van der Waals surface area contributed by atoms with E-state index in [2.05, 4.69) is 26.2 Å². The molecule has 1 N–H and O–H groups in total. The van der Waals surface area contributed by atoms with Crippen LogP contribution in [0.25, 0.3) is 11.3 Å². The lowest BCUT2D eigenvalue weighted by Gasteiger charge is -2.20. The molecule has 24 heavy (non-hydrogen) atoms. The third-order valence-corrected chi connectivity index (χ3v) is 4.83. The second-order valence-corrected chi connectivity index (χ2v) is 7.07. The van der Waals surface area contributed by atoms with Crippen molar-refractivity contribution in [3.63, 3.8) is 0 Å². The zero-order valence-corrected chi connectivity index (χ0v) is 15.5. The smallest absolute Gasteiger partial charge is 0.253 e. The molecule has 0 spiro atoms. The average molecular weight is 389 g/mol. The molecule has 0 radical (unpaired) electrons. The predicted molar refractivity (Wildman–Crippen MR) is 98.0 cm³/mol. The van der Waals surface area contributed by atoms with Crippen molar-refractivity contribution in [1.82, 2.24) is 10.3 Å². The highest BCUT2D eigenvalue weighted by Gasteiger charge is 2.24. The van der Waals surface area contributed by atoms with Crippen LogP contribution >= 0.6 is 15.9 Å². The normalized spacial score (nSPS) is 18.4. The molecule has 1 aromatic carbocycles. The maximum Gasteiger partial charge on any atom is 0.253 e. The summed E-state index contributed by atoms with van der Waals surface area (Å²) >= 11 is 3.47. The van der Waals surface area contributed by atoms with Crippen LogP contribution in [0.5, 0.6) is 0 Å². The van der Waals surface area contributed by atoms with Crippen LogP contribution in [-0.2, 0) is 4.74 Å². The number of aromatic nitrogens is 1. The van der Waals surface area contributed by atoms with Crippen LogP contribution < -0.4 is 5.32 Å². The topological polar surface area (TPSA) is 51.2 Å². The number of hydrogen-bond acceptors (Lipinski definition) is 3. The number of nitrogens with zero attached hydrogens (tertiary/aromatic N) is 1. The largest absolute Gasteiger partial charge is 0.376 e. The molecule has 0 bridgehead atoms. The van der Waals surface area contributed by atoms with Gasteiger partial charge in [0.05, 0.1) is 29.1 Å². The minimum absolute atomic E-state index is 0.00385. The Bertz CT molecular complexity index is 742. The zero-order chi connectivity index (χ0) is 17.1. The van der Waals surface area contributed by atoms with E-state index in [4.69, 9.17) is 4.74 Å². The molecule has 2 atom stereocenters. The van der Waals surface area contributed by atoms with Crippen LogP contribution in [0, 0.1) is 6.92 Å². The Kier molecular flexibility index (Phi) is 5.31. The second-order valence-electron chi connectivity index (χ2n) is 6.15. The second kappa shape index (κ2) is 7.45. The van der Waals surface area contributed by atoms with E-state index < -0.39 is 0 Å². The number of halogens is 1. The molecule has 126 valence electrons. The van der Waals surface area contributed by atoms with E-state index in [0.29, 0.717) is 5.56 Å². The van der Waals surface area contributed by atoms with Crippen molar-refractivity contribution >= 4 is 21.8 Å². The van der Waals surface area contributed by atoms with Gasteiger partial charge in [-0.1, -0.05) is 28.1 Å². The van der Waals surface area contributed by atoms with Crippen molar-refractivity contribution in [3.8, 4) is 11.3 Å². The molecule has 1 aromatic heterocycles. The number of nitrogens with one attached hydrogen (secondary N) is 1. The van der Waals surface area contributed by atoms with Gasteiger partial charge in [0.1, 0.15) is 0 Å². The number of hydrogen-bond donors (Lipinski definition) is 1. The van der Waals surface area contributed by atoms with Crippen molar-refractivity contribution < 1.29 is 9.53 Å². The Morgan fingerprint density at radius 3 is 2.88 bits per heavy atom. The molecule has 3 rings (SSSR count). The standard InChI is InChI=1S/C19H21BrN2O2/c1-12-16(19(23)22-13(2)18-7-4-10-24-18)8-9-17(21-12)14-5-3-6-15(20)11-14/h3,5-6,8-9,11,13,18H,4,7,10H2,1-2H3,(H,22,23)/t13-,18+/m1/s1. The van der Waals surface area contributed by atoms with E-state index in [-0.39, 0.29) is 18.1 Å². The van der Waals surface area contributed by atoms with Crippen LogP contribution in [-0.4, -0.2) is 29.6 Å². The monoisotopic (exact) mass is 388 g/mol. The highest BCUT2D eigenvalue weighted by molar-refractivity contribution is 9.10. The lowest BCUT2D eigenvalue weighted by molar-refractivity contribution is 0.0712. The Hall–Kier alpha value is -1.72. The Balaban J connectivity index is 1.75. The molecule has 0 aliphatic carbocycles. The number of benzene rings is 1. The first-order valence-electron chi connectivity index (χ1n) is 8.20. The summed E-state index contributed by atoms with van der Waals surface area (Å²) in [6, 6.07) is 11.7. The summed E-state index contributed by atoms with van der Waals surface area (Å²) in [6.45, 7) is 4.65. The highest BCUT2D eigenvalue weighted by Crippen LogP contribution is 2.23. The van der Waals surface area contributed by atoms with Crippen molar-refractivity contribution in [1.29, 1.82) is 0 Å². The fourth-order valence-electron chi connectivity index (χ4n) is 2.98. The summed E-state index contributed by atoms with van der Waals surface area (Å²) in [5.41, 5.74) is 3.22. The van der Waals surface area contributed by atoms with Crippen LogP contribution in [0.1, 0.15) is 35.8 Å². The van der Waals surface area contributed by atoms with Crippen molar-refractivity contribution in [2.24, 2.45) is 0 Å². The molecule has 1 fully saturated rings. The summed E-state index contributed by atoms with van der Waals surface area (Å²) < 4.78 is 6.64. The minimum atomic E-state index is -0.0937. The van der Waals surface area contributed by atoms with Crippen LogP contribution in [0.2, 0.25) is 0 Å². The van der Waals surface area contributed by atoms with E-state index in [1.165, 1.54) is 0 Å². The number of ether oxygens (including phenoxy) is 1. The molecule has 1 aliphatic heterocycles. The van der Waals surface area contributed by atoms with Crippen molar-refractivity contribution in [3.05, 3.63) is 52.1 Å². The van der Waals surface area contributed by atoms with Crippen LogP contribution in [0.3, 0.4) is 0 Å². The zero-order valence-electron chi connectivity index (χ0n) is 13.9. The SMILES string of the molecule is Cc1nc(-c2cccc(Br)c2)ccc1C(=O)N[C@H](C)[C@@H]1CCCO1. The average Bonchev–Trinajstić information content (AvgIpc) is 3.09. The molecule has 1 saturated heterocycles. The first-order valence-corrected chi connectivity index (χ1v) is 9.00. The van der Waals surface area contributed by atoms with E-state index in [1.54, 1.807) is 0 Å². The maximum absolute atomic E-state index is 12.5. The van der Waals surface area contributed by atoms with Gasteiger partial charge >= 0.3 is 0 Å². The summed E-state index contributed by atoms with van der Waals surface area (Å²) in [4.78, 5) is 17.1. The van der Waals surface area contributed by atoms with E-state index in [0.717, 1.165) is 40.9 Å². The van der Waals surface area contributed by atoms with Crippen molar-refractivity contribution in [2.45, 2.75) is 38.8 Å². The van der Waals surface area contributed by atoms with Gasteiger partial charge in [0.2, 0.25) is 0 Å². The minimum Gasteiger partial charge on any atom is -0.376 e. The molecular formula is C19H21BrN2O2. The molecule has 1 aliphatic rings. The number of aryl methyl sites for hydroxylation is 1. The van der Waals surface area contributed by atoms with Gasteiger partial charge in [-0.2, -0.15) is 0 Å². The quantitative estimate of drug-likeness (QED) is 0.856. The number of carbonyl (C=O) groups excluding carboxylic acids is 1. The van der Waals surface area contributed by atoms with Crippen LogP contribution in [0.4, 0.5) is 0 Å². The summed E-state index contributed by atoms with van der Waals surface area (Å²) in [6.07, 6.45) is 2.18. The predicted octanol–water partition coefficient (Wildman–Crippen LogP) is 4.12.